The molecule has 0 aromatic rings. The number of carbonyl (C=O) groups is 1. The number of amides is 1. The lowest BCUT2D eigenvalue weighted by molar-refractivity contribution is -0.870. The van der Waals surface area contributed by atoms with Crippen molar-refractivity contribution in [2.24, 2.45) is 0 Å². The van der Waals surface area contributed by atoms with Crippen LogP contribution in [0.1, 0.15) is 239 Å². The normalized spacial score (nSPS) is 14.4. The number of phosphoric acid groups is 1. The van der Waals surface area contributed by atoms with Gasteiger partial charge in [0.15, 0.2) is 0 Å². The van der Waals surface area contributed by atoms with E-state index in [9.17, 15) is 19.4 Å². The third-order valence-corrected chi connectivity index (χ3v) is 12.5. The molecule has 0 aromatic carbocycles. The molecule has 360 valence electrons. The van der Waals surface area contributed by atoms with Gasteiger partial charge in [0.25, 0.3) is 7.82 Å². The van der Waals surface area contributed by atoms with Gasteiger partial charge in [0.05, 0.1) is 39.9 Å². The van der Waals surface area contributed by atoms with Gasteiger partial charge in [-0.15, -0.1) is 0 Å². The maximum absolute atomic E-state index is 12.8. The molecule has 0 aliphatic heterocycles. The van der Waals surface area contributed by atoms with E-state index in [0.29, 0.717) is 17.4 Å². The largest absolute Gasteiger partial charge is 0.756 e. The summed E-state index contributed by atoms with van der Waals surface area (Å²) in [5, 5.41) is 13.8. The first-order valence-electron chi connectivity index (χ1n) is 25.9. The average molecular weight is 881 g/mol. The summed E-state index contributed by atoms with van der Waals surface area (Å²) in [6.45, 7) is 4.62. The number of rotatable bonds is 47. The van der Waals surface area contributed by atoms with E-state index in [2.05, 4.69) is 43.5 Å². The lowest BCUT2D eigenvalue weighted by atomic mass is 10.0. The van der Waals surface area contributed by atoms with Crippen molar-refractivity contribution in [1.82, 2.24) is 5.32 Å². The average Bonchev–Trinajstić information content (AvgIpc) is 3.21. The molecular weight excluding hydrogens is 780 g/mol. The molecule has 3 unspecified atom stereocenters. The minimum absolute atomic E-state index is 0.00788. The van der Waals surface area contributed by atoms with E-state index in [1.807, 2.05) is 27.2 Å². The number of nitrogens with one attached hydrogen (secondary N) is 1. The second-order valence-corrected chi connectivity index (χ2v) is 20.3. The van der Waals surface area contributed by atoms with Gasteiger partial charge in [-0.25, -0.2) is 0 Å². The predicted octanol–water partition coefficient (Wildman–Crippen LogP) is 14.4. The molecule has 8 nitrogen and oxygen atoms in total. The van der Waals surface area contributed by atoms with Gasteiger partial charge in [-0.1, -0.05) is 224 Å². The zero-order valence-corrected chi connectivity index (χ0v) is 41.8. The van der Waals surface area contributed by atoms with Crippen LogP contribution in [-0.4, -0.2) is 68.5 Å². The number of hydrogen-bond donors (Lipinski definition) is 2. The fraction of sp³-hybridized carbons (Fsp3) is 0.865. The number of likely N-dealkylation sites (N-methyl/N-ethyl adjacent to an activating group) is 1. The minimum Gasteiger partial charge on any atom is -0.756 e. The molecule has 0 spiro atoms. The van der Waals surface area contributed by atoms with Gasteiger partial charge >= 0.3 is 0 Å². The Bertz CT molecular complexity index is 1090. The Morgan fingerprint density at radius 3 is 1.33 bits per heavy atom. The van der Waals surface area contributed by atoms with Crippen LogP contribution in [0.15, 0.2) is 36.5 Å². The number of allylic oxidation sites excluding steroid dienone is 5. The molecule has 0 rings (SSSR count). The molecule has 0 saturated carbocycles. The molecule has 0 aromatic heterocycles. The lowest BCUT2D eigenvalue weighted by Gasteiger charge is -2.29. The maximum Gasteiger partial charge on any atom is 0.268 e. The van der Waals surface area contributed by atoms with E-state index >= 15 is 0 Å². The van der Waals surface area contributed by atoms with Gasteiger partial charge in [-0.2, -0.15) is 0 Å². The third kappa shape index (κ3) is 46.5. The number of phosphoric ester groups is 1. The van der Waals surface area contributed by atoms with E-state index in [1.54, 1.807) is 6.08 Å². The van der Waals surface area contributed by atoms with Crippen LogP contribution in [-0.2, 0) is 18.4 Å². The number of unbranched alkanes of at least 4 members (excludes halogenated alkanes) is 30. The highest BCUT2D eigenvalue weighted by Crippen LogP contribution is 2.38. The van der Waals surface area contributed by atoms with E-state index < -0.39 is 26.6 Å². The van der Waals surface area contributed by atoms with Gasteiger partial charge < -0.3 is 28.8 Å². The molecule has 9 heteroatoms. The minimum atomic E-state index is -4.60. The van der Waals surface area contributed by atoms with Crippen LogP contribution in [0.25, 0.3) is 0 Å². The predicted molar refractivity (Wildman–Crippen MR) is 261 cm³/mol. The van der Waals surface area contributed by atoms with Crippen LogP contribution in [0.4, 0.5) is 0 Å². The number of nitrogens with zero attached hydrogens (tertiary/aromatic N) is 1. The molecule has 3 atom stereocenters. The lowest BCUT2D eigenvalue weighted by Crippen LogP contribution is -2.45. The van der Waals surface area contributed by atoms with E-state index in [4.69, 9.17) is 9.05 Å². The topological polar surface area (TPSA) is 108 Å². The Hall–Kier alpha value is -1.28. The van der Waals surface area contributed by atoms with Gasteiger partial charge in [0.2, 0.25) is 5.91 Å². The van der Waals surface area contributed by atoms with Crippen molar-refractivity contribution in [2.45, 2.75) is 251 Å². The summed E-state index contributed by atoms with van der Waals surface area (Å²) < 4.78 is 23.2. The van der Waals surface area contributed by atoms with Crippen LogP contribution in [0.5, 0.6) is 0 Å². The van der Waals surface area contributed by atoms with E-state index in [1.165, 1.54) is 173 Å². The van der Waals surface area contributed by atoms with Crippen molar-refractivity contribution >= 4 is 13.7 Å². The van der Waals surface area contributed by atoms with Crippen LogP contribution in [0, 0.1) is 0 Å². The SMILES string of the molecule is CCCCCCCCCCCCCCCCCCCC/C=C/CC/C=C/CC/C=C/C(O)C(COP(=O)([O-])OCC[N+](C)(C)C)NC(=O)CCCCCCCCCCCCC. The van der Waals surface area contributed by atoms with E-state index in [-0.39, 0.29) is 12.5 Å². The summed E-state index contributed by atoms with van der Waals surface area (Å²) in [6.07, 6.45) is 55.1. The van der Waals surface area contributed by atoms with Crippen LogP contribution < -0.4 is 10.2 Å². The Morgan fingerprint density at radius 2 is 0.918 bits per heavy atom. The first kappa shape index (κ1) is 59.7. The van der Waals surface area contributed by atoms with Gasteiger partial charge in [-0.05, 0) is 44.9 Å². The molecule has 0 bridgehead atoms. The second kappa shape index (κ2) is 43.9. The second-order valence-electron chi connectivity index (χ2n) is 18.9. The van der Waals surface area contributed by atoms with Crippen molar-refractivity contribution < 1.29 is 32.9 Å². The number of carbonyl (C=O) groups excluding carboxylic acids is 1. The standard InChI is InChI=1S/C52H101N2O6P/c1-6-8-10-12-14-16-18-19-20-21-22-23-24-25-26-27-28-29-30-31-32-33-34-36-37-39-41-43-45-51(55)50(49-60-61(57,58)59-48-47-54(3,4)5)53-52(56)46-44-42-40-38-35-17-15-13-11-9-7-2/h31-32,36-37,43,45,50-51,55H,6-30,33-35,38-42,44,46-49H2,1-5H3,(H-,53,56,57,58)/b32-31+,37-36+,45-43+. The van der Waals surface area contributed by atoms with Crippen molar-refractivity contribution in [3.63, 3.8) is 0 Å². The number of quaternary nitrogens is 1. The highest BCUT2D eigenvalue weighted by molar-refractivity contribution is 7.45. The van der Waals surface area contributed by atoms with Gasteiger partial charge in [-0.3, -0.25) is 9.36 Å². The summed E-state index contributed by atoms with van der Waals surface area (Å²) in [7, 11) is 1.24. The molecule has 0 radical (unpaired) electrons. The highest BCUT2D eigenvalue weighted by Gasteiger charge is 2.23. The molecule has 0 saturated heterocycles. The zero-order valence-electron chi connectivity index (χ0n) is 40.9. The van der Waals surface area contributed by atoms with Crippen LogP contribution in [0.3, 0.4) is 0 Å². The first-order valence-corrected chi connectivity index (χ1v) is 27.3. The summed E-state index contributed by atoms with van der Waals surface area (Å²) in [6, 6.07) is -0.906. The molecular formula is C52H101N2O6P. The summed E-state index contributed by atoms with van der Waals surface area (Å²) in [4.78, 5) is 25.3. The number of aliphatic hydroxyl groups excluding tert-OH is 1. The monoisotopic (exact) mass is 881 g/mol. The summed E-state index contributed by atoms with van der Waals surface area (Å²) in [5.41, 5.74) is 0. The third-order valence-electron chi connectivity index (χ3n) is 11.6. The number of hydrogen-bond acceptors (Lipinski definition) is 6. The maximum atomic E-state index is 12.8. The molecule has 0 aliphatic carbocycles. The zero-order chi connectivity index (χ0) is 45.0. The van der Waals surface area contributed by atoms with Crippen molar-refractivity contribution in [3.05, 3.63) is 36.5 Å². The van der Waals surface area contributed by atoms with Crippen LogP contribution in [0.2, 0.25) is 0 Å². The quantitative estimate of drug-likeness (QED) is 0.0273. The van der Waals surface area contributed by atoms with Crippen LogP contribution >= 0.6 is 7.82 Å². The van der Waals surface area contributed by atoms with Gasteiger partial charge in [0.1, 0.15) is 13.2 Å². The van der Waals surface area contributed by atoms with Gasteiger partial charge in [0, 0.05) is 6.42 Å². The number of aliphatic hydroxyl groups is 1. The molecule has 1 amide bonds. The molecule has 61 heavy (non-hydrogen) atoms. The summed E-state index contributed by atoms with van der Waals surface area (Å²) >= 11 is 0. The van der Waals surface area contributed by atoms with Crippen molar-refractivity contribution in [3.8, 4) is 0 Å². The van der Waals surface area contributed by atoms with Crippen molar-refractivity contribution in [2.75, 3.05) is 40.9 Å². The Balaban J connectivity index is 4.23. The molecule has 2 N–H and O–H groups in total. The fourth-order valence-electron chi connectivity index (χ4n) is 7.48. The first-order chi connectivity index (χ1) is 29.5. The Morgan fingerprint density at radius 1 is 0.557 bits per heavy atom. The molecule has 0 fully saturated rings. The summed E-state index contributed by atoms with van der Waals surface area (Å²) in [5.74, 6) is -0.212. The highest BCUT2D eigenvalue weighted by atomic mass is 31.2. The Kier molecular flexibility index (Phi) is 43.0. The fourth-order valence-corrected chi connectivity index (χ4v) is 8.20. The molecule has 0 aliphatic rings. The van der Waals surface area contributed by atoms with Crippen molar-refractivity contribution in [1.29, 1.82) is 0 Å². The molecule has 0 heterocycles. The Labute approximate surface area is 378 Å². The van der Waals surface area contributed by atoms with E-state index in [0.717, 1.165) is 44.9 Å². The smallest absolute Gasteiger partial charge is 0.268 e.